The number of anilines is 1. The number of carbonyl (C=O) groups excluding carboxylic acids is 1. The fraction of sp³-hybridized carbons (Fsp3) is 0.125. The van der Waals surface area contributed by atoms with Gasteiger partial charge in [-0.2, -0.15) is 0 Å². The highest BCUT2D eigenvalue weighted by molar-refractivity contribution is 6.02. The third-order valence-electron chi connectivity index (χ3n) is 4.84. The zero-order chi connectivity index (χ0) is 19.5. The molecule has 4 aromatic rings. The minimum atomic E-state index is -0.273. The Morgan fingerprint density at radius 1 is 0.929 bits per heavy atom. The number of ether oxygens (including phenoxy) is 1. The van der Waals surface area contributed by atoms with Gasteiger partial charge >= 0.3 is 0 Å². The highest BCUT2D eigenvalue weighted by Gasteiger charge is 2.13. The van der Waals surface area contributed by atoms with Gasteiger partial charge in [-0.25, -0.2) is 0 Å². The number of furan rings is 1. The van der Waals surface area contributed by atoms with E-state index in [1.165, 1.54) is 5.39 Å². The molecule has 4 rings (SSSR count). The normalized spacial score (nSPS) is 10.8. The number of rotatable bonds is 5. The molecule has 3 aromatic carbocycles. The molecule has 1 N–H and O–H groups in total. The first-order chi connectivity index (χ1) is 13.6. The monoisotopic (exact) mass is 371 g/mol. The molecule has 140 valence electrons. The first-order valence-corrected chi connectivity index (χ1v) is 9.18. The summed E-state index contributed by atoms with van der Waals surface area (Å²) in [6.45, 7) is 4.26. The molecule has 0 atom stereocenters. The van der Waals surface area contributed by atoms with Gasteiger partial charge in [0.25, 0.3) is 5.91 Å². The Bertz CT molecular complexity index is 1140. The Balaban J connectivity index is 1.42. The van der Waals surface area contributed by atoms with Crippen LogP contribution in [0.15, 0.2) is 77.2 Å². The summed E-state index contributed by atoms with van der Waals surface area (Å²) in [6, 6.07) is 23.3. The number of aryl methyl sites for hydroxylation is 1. The van der Waals surface area contributed by atoms with Gasteiger partial charge in [0.1, 0.15) is 18.1 Å². The highest BCUT2D eigenvalue weighted by atomic mass is 16.5. The molecule has 1 amide bonds. The maximum absolute atomic E-state index is 12.5. The van der Waals surface area contributed by atoms with Crippen LogP contribution >= 0.6 is 0 Å². The van der Waals surface area contributed by atoms with Crippen molar-refractivity contribution < 1.29 is 13.9 Å². The standard InChI is InChI=1S/C24H21NO3/c1-16-6-5-9-22(17(16)2)25-24(26)23-13-12-21(28-23)15-27-20-11-10-18-7-3-4-8-19(18)14-20/h3-14H,15H2,1-2H3,(H,25,26). The number of carbonyl (C=O) groups is 1. The van der Waals surface area contributed by atoms with Crippen LogP contribution in [0, 0.1) is 13.8 Å². The summed E-state index contributed by atoms with van der Waals surface area (Å²) >= 11 is 0. The van der Waals surface area contributed by atoms with Crippen LogP contribution in [0.5, 0.6) is 5.75 Å². The summed E-state index contributed by atoms with van der Waals surface area (Å²) in [5, 5.41) is 5.18. The van der Waals surface area contributed by atoms with E-state index in [-0.39, 0.29) is 18.3 Å². The maximum Gasteiger partial charge on any atom is 0.291 e. The number of hydrogen-bond acceptors (Lipinski definition) is 3. The van der Waals surface area contributed by atoms with E-state index in [4.69, 9.17) is 9.15 Å². The number of hydrogen-bond donors (Lipinski definition) is 1. The van der Waals surface area contributed by atoms with Gasteiger partial charge in [-0.3, -0.25) is 4.79 Å². The number of amides is 1. The van der Waals surface area contributed by atoms with Crippen molar-refractivity contribution in [3.05, 3.63) is 95.4 Å². The molecule has 0 saturated heterocycles. The van der Waals surface area contributed by atoms with Crippen LogP contribution in [0.3, 0.4) is 0 Å². The van der Waals surface area contributed by atoms with E-state index in [9.17, 15) is 4.79 Å². The predicted molar refractivity (Wildman–Crippen MR) is 111 cm³/mol. The van der Waals surface area contributed by atoms with E-state index >= 15 is 0 Å². The van der Waals surface area contributed by atoms with Crippen LogP contribution < -0.4 is 10.1 Å². The molecular formula is C24H21NO3. The van der Waals surface area contributed by atoms with Crippen molar-refractivity contribution in [2.24, 2.45) is 0 Å². The second-order valence-electron chi connectivity index (χ2n) is 6.77. The lowest BCUT2D eigenvalue weighted by molar-refractivity contribution is 0.0992. The van der Waals surface area contributed by atoms with Crippen molar-refractivity contribution in [1.82, 2.24) is 0 Å². The largest absolute Gasteiger partial charge is 0.486 e. The van der Waals surface area contributed by atoms with Crippen LogP contribution in [0.4, 0.5) is 5.69 Å². The van der Waals surface area contributed by atoms with Gasteiger partial charge in [0.05, 0.1) is 0 Å². The van der Waals surface area contributed by atoms with Gasteiger partial charge in [0.15, 0.2) is 5.76 Å². The second-order valence-corrected chi connectivity index (χ2v) is 6.77. The molecule has 0 aliphatic heterocycles. The summed E-state index contributed by atoms with van der Waals surface area (Å²) < 4.78 is 11.5. The molecule has 0 radical (unpaired) electrons. The zero-order valence-electron chi connectivity index (χ0n) is 15.9. The van der Waals surface area contributed by atoms with E-state index in [0.717, 1.165) is 28.0 Å². The SMILES string of the molecule is Cc1cccc(NC(=O)c2ccc(COc3ccc4ccccc4c3)o2)c1C. The molecule has 4 nitrogen and oxygen atoms in total. The molecule has 0 bridgehead atoms. The van der Waals surface area contributed by atoms with Gasteiger partial charge in [-0.15, -0.1) is 0 Å². The molecule has 4 heteroatoms. The average molecular weight is 371 g/mol. The number of benzene rings is 3. The molecule has 0 aliphatic rings. The summed E-state index contributed by atoms with van der Waals surface area (Å²) in [7, 11) is 0. The van der Waals surface area contributed by atoms with E-state index in [1.54, 1.807) is 12.1 Å². The van der Waals surface area contributed by atoms with Crippen molar-refractivity contribution in [2.45, 2.75) is 20.5 Å². The Kier molecular flexibility index (Phi) is 4.85. The number of fused-ring (bicyclic) bond motifs is 1. The Labute approximate surface area is 163 Å². The fourth-order valence-electron chi connectivity index (χ4n) is 3.06. The molecule has 0 fully saturated rings. The van der Waals surface area contributed by atoms with E-state index in [2.05, 4.69) is 11.4 Å². The molecule has 28 heavy (non-hydrogen) atoms. The van der Waals surface area contributed by atoms with Crippen LogP contribution in [0.25, 0.3) is 10.8 Å². The molecule has 0 aliphatic carbocycles. The fourth-order valence-corrected chi connectivity index (χ4v) is 3.06. The van der Waals surface area contributed by atoms with Gasteiger partial charge in [-0.1, -0.05) is 42.5 Å². The van der Waals surface area contributed by atoms with Gasteiger partial charge in [0, 0.05) is 5.69 Å². The van der Waals surface area contributed by atoms with Crippen LogP contribution in [0.2, 0.25) is 0 Å². The van der Waals surface area contributed by atoms with Crippen molar-refractivity contribution in [3.63, 3.8) is 0 Å². The molecule has 0 saturated carbocycles. The van der Waals surface area contributed by atoms with Crippen molar-refractivity contribution >= 4 is 22.4 Å². The first kappa shape index (κ1) is 17.9. The third kappa shape index (κ3) is 3.76. The van der Waals surface area contributed by atoms with Crippen molar-refractivity contribution in [1.29, 1.82) is 0 Å². The lowest BCUT2D eigenvalue weighted by atomic mass is 10.1. The maximum atomic E-state index is 12.5. The lowest BCUT2D eigenvalue weighted by Crippen LogP contribution is -2.12. The van der Waals surface area contributed by atoms with Crippen molar-refractivity contribution in [3.8, 4) is 5.75 Å². The van der Waals surface area contributed by atoms with Crippen LogP contribution in [-0.4, -0.2) is 5.91 Å². The average Bonchev–Trinajstić information content (AvgIpc) is 3.19. The van der Waals surface area contributed by atoms with Crippen LogP contribution in [-0.2, 0) is 6.61 Å². The molecule has 0 unspecified atom stereocenters. The first-order valence-electron chi connectivity index (χ1n) is 9.18. The highest BCUT2D eigenvalue weighted by Crippen LogP contribution is 2.22. The van der Waals surface area contributed by atoms with Crippen molar-refractivity contribution in [2.75, 3.05) is 5.32 Å². The minimum absolute atomic E-state index is 0.259. The van der Waals surface area contributed by atoms with E-state index in [1.807, 2.05) is 68.4 Å². The lowest BCUT2D eigenvalue weighted by Gasteiger charge is -2.09. The Morgan fingerprint density at radius 2 is 1.75 bits per heavy atom. The molecule has 1 heterocycles. The zero-order valence-corrected chi connectivity index (χ0v) is 15.9. The summed E-state index contributed by atoms with van der Waals surface area (Å²) in [5.41, 5.74) is 2.96. The molecular weight excluding hydrogens is 350 g/mol. The smallest absolute Gasteiger partial charge is 0.291 e. The topological polar surface area (TPSA) is 51.5 Å². The summed E-state index contributed by atoms with van der Waals surface area (Å²) in [5.74, 6) is 1.35. The van der Waals surface area contributed by atoms with Gasteiger partial charge in [-0.05, 0) is 66.1 Å². The van der Waals surface area contributed by atoms with E-state index in [0.29, 0.717) is 5.76 Å². The quantitative estimate of drug-likeness (QED) is 0.476. The second kappa shape index (κ2) is 7.61. The van der Waals surface area contributed by atoms with Gasteiger partial charge < -0.3 is 14.5 Å². The summed E-state index contributed by atoms with van der Waals surface area (Å²) in [6.07, 6.45) is 0. The minimum Gasteiger partial charge on any atom is -0.486 e. The van der Waals surface area contributed by atoms with Gasteiger partial charge in [0.2, 0.25) is 0 Å². The molecule has 0 spiro atoms. The third-order valence-corrected chi connectivity index (χ3v) is 4.84. The number of nitrogens with one attached hydrogen (secondary N) is 1. The van der Waals surface area contributed by atoms with E-state index < -0.39 is 0 Å². The summed E-state index contributed by atoms with van der Waals surface area (Å²) in [4.78, 5) is 12.5. The van der Waals surface area contributed by atoms with Crippen LogP contribution in [0.1, 0.15) is 27.4 Å². The predicted octanol–water partition coefficient (Wildman–Crippen LogP) is 5.88. The Hall–Kier alpha value is -3.53. The molecule has 1 aromatic heterocycles. The Morgan fingerprint density at radius 3 is 2.61 bits per heavy atom.